The summed E-state index contributed by atoms with van der Waals surface area (Å²) in [4.78, 5) is 0. The van der Waals surface area contributed by atoms with Gasteiger partial charge in [-0.25, -0.2) is 17.9 Å². The summed E-state index contributed by atoms with van der Waals surface area (Å²) in [5, 5.41) is 4.93. The van der Waals surface area contributed by atoms with E-state index < -0.39 is 10.0 Å². The molecule has 108 valence electrons. The maximum Gasteiger partial charge on any atom is 0.209 e. The fraction of sp³-hybridized carbons (Fsp3) is 0.500. The minimum absolute atomic E-state index is 0.0299. The molecule has 19 heavy (non-hydrogen) atoms. The standard InChI is InChI=1S/C12H17BrFNO3S/c1-9(5-7-19(15,16)17)4-6-18-12-8-10(14)2-3-11(12)13/h2-3,8-9H,4-7H2,1H3,(H2,15,16,17). The van der Waals surface area contributed by atoms with E-state index in [4.69, 9.17) is 9.88 Å². The van der Waals surface area contributed by atoms with Crippen molar-refractivity contribution >= 4 is 26.0 Å². The van der Waals surface area contributed by atoms with Crippen molar-refractivity contribution in [2.75, 3.05) is 12.4 Å². The lowest BCUT2D eigenvalue weighted by Crippen LogP contribution is -2.18. The topological polar surface area (TPSA) is 69.4 Å². The van der Waals surface area contributed by atoms with Crippen molar-refractivity contribution in [3.05, 3.63) is 28.5 Å². The summed E-state index contributed by atoms with van der Waals surface area (Å²) in [5.74, 6) is 0.224. The number of halogens is 2. The van der Waals surface area contributed by atoms with Crippen LogP contribution in [0, 0.1) is 11.7 Å². The number of benzene rings is 1. The Morgan fingerprint density at radius 1 is 1.42 bits per heavy atom. The van der Waals surface area contributed by atoms with Crippen molar-refractivity contribution in [2.24, 2.45) is 11.1 Å². The first-order valence-electron chi connectivity index (χ1n) is 5.86. The van der Waals surface area contributed by atoms with Gasteiger partial charge in [0.2, 0.25) is 10.0 Å². The maximum atomic E-state index is 13.0. The molecular weight excluding hydrogens is 337 g/mol. The zero-order chi connectivity index (χ0) is 14.5. The first-order valence-corrected chi connectivity index (χ1v) is 8.37. The third-order valence-electron chi connectivity index (χ3n) is 2.66. The molecule has 0 aliphatic rings. The van der Waals surface area contributed by atoms with Crippen molar-refractivity contribution in [2.45, 2.75) is 19.8 Å². The van der Waals surface area contributed by atoms with Crippen molar-refractivity contribution in [1.29, 1.82) is 0 Å². The Morgan fingerprint density at radius 3 is 2.74 bits per heavy atom. The van der Waals surface area contributed by atoms with Gasteiger partial charge in [0.05, 0.1) is 16.8 Å². The van der Waals surface area contributed by atoms with Crippen LogP contribution in [0.25, 0.3) is 0 Å². The number of hydrogen-bond donors (Lipinski definition) is 1. The van der Waals surface area contributed by atoms with E-state index in [1.54, 1.807) is 6.07 Å². The SMILES string of the molecule is CC(CCOc1cc(F)ccc1Br)CCS(N)(=O)=O. The third-order valence-corrected chi connectivity index (χ3v) is 4.12. The molecule has 1 rings (SSSR count). The van der Waals surface area contributed by atoms with Gasteiger partial charge in [0.25, 0.3) is 0 Å². The van der Waals surface area contributed by atoms with Gasteiger partial charge in [0.15, 0.2) is 0 Å². The van der Waals surface area contributed by atoms with Crippen LogP contribution in [0.15, 0.2) is 22.7 Å². The van der Waals surface area contributed by atoms with Crippen LogP contribution in [0.2, 0.25) is 0 Å². The Morgan fingerprint density at radius 2 is 2.11 bits per heavy atom. The second-order valence-electron chi connectivity index (χ2n) is 4.47. The molecule has 0 amide bonds. The minimum Gasteiger partial charge on any atom is -0.492 e. The van der Waals surface area contributed by atoms with Crippen LogP contribution in [0.4, 0.5) is 4.39 Å². The van der Waals surface area contributed by atoms with Crippen LogP contribution >= 0.6 is 15.9 Å². The lowest BCUT2D eigenvalue weighted by molar-refractivity contribution is 0.279. The molecule has 1 aromatic carbocycles. The Hall–Kier alpha value is -0.660. The summed E-state index contributed by atoms with van der Waals surface area (Å²) < 4.78 is 40.8. The van der Waals surface area contributed by atoms with Crippen molar-refractivity contribution < 1.29 is 17.5 Å². The minimum atomic E-state index is -3.41. The van der Waals surface area contributed by atoms with E-state index in [0.29, 0.717) is 29.7 Å². The van der Waals surface area contributed by atoms with Crippen LogP contribution in [-0.4, -0.2) is 20.8 Å². The summed E-state index contributed by atoms with van der Waals surface area (Å²) in [5.41, 5.74) is 0. The molecule has 0 saturated heterocycles. The van der Waals surface area contributed by atoms with E-state index in [9.17, 15) is 12.8 Å². The van der Waals surface area contributed by atoms with Gasteiger partial charge in [0.1, 0.15) is 11.6 Å². The molecule has 0 spiro atoms. The quantitative estimate of drug-likeness (QED) is 0.819. The molecule has 0 fully saturated rings. The van der Waals surface area contributed by atoms with E-state index in [1.807, 2.05) is 6.92 Å². The molecule has 1 aromatic rings. The van der Waals surface area contributed by atoms with Gasteiger partial charge in [-0.1, -0.05) is 6.92 Å². The molecule has 0 saturated carbocycles. The Balaban J connectivity index is 2.35. The molecule has 1 unspecified atom stereocenters. The summed E-state index contributed by atoms with van der Waals surface area (Å²) in [6.45, 7) is 2.32. The second-order valence-corrected chi connectivity index (χ2v) is 7.06. The van der Waals surface area contributed by atoms with Crippen LogP contribution in [0.5, 0.6) is 5.75 Å². The lowest BCUT2D eigenvalue weighted by Gasteiger charge is -2.12. The lowest BCUT2D eigenvalue weighted by atomic mass is 10.1. The number of ether oxygens (including phenoxy) is 1. The Labute approximate surface area is 121 Å². The molecule has 1 atom stereocenters. The molecule has 0 aliphatic heterocycles. The van der Waals surface area contributed by atoms with Gasteiger partial charge in [-0.3, -0.25) is 0 Å². The predicted molar refractivity (Wildman–Crippen MR) is 76.0 cm³/mol. The largest absolute Gasteiger partial charge is 0.492 e. The van der Waals surface area contributed by atoms with Crippen LogP contribution in [0.3, 0.4) is 0 Å². The van der Waals surface area contributed by atoms with Gasteiger partial charge < -0.3 is 4.74 Å². The van der Waals surface area contributed by atoms with Crippen LogP contribution < -0.4 is 9.88 Å². The molecule has 0 bridgehead atoms. The van der Waals surface area contributed by atoms with Gasteiger partial charge >= 0.3 is 0 Å². The molecule has 2 N–H and O–H groups in total. The first-order chi connectivity index (χ1) is 8.78. The Bertz CT molecular complexity index is 522. The van der Waals surface area contributed by atoms with E-state index in [0.717, 1.165) is 0 Å². The van der Waals surface area contributed by atoms with E-state index in [-0.39, 0.29) is 17.5 Å². The van der Waals surface area contributed by atoms with E-state index >= 15 is 0 Å². The van der Waals surface area contributed by atoms with Gasteiger partial charge in [-0.2, -0.15) is 0 Å². The van der Waals surface area contributed by atoms with Gasteiger partial charge in [-0.05, 0) is 46.8 Å². The van der Waals surface area contributed by atoms with E-state index in [2.05, 4.69) is 15.9 Å². The molecule has 7 heteroatoms. The smallest absolute Gasteiger partial charge is 0.209 e. The molecule has 0 radical (unpaired) electrons. The molecule has 0 aliphatic carbocycles. The first kappa shape index (κ1) is 16.4. The van der Waals surface area contributed by atoms with Crippen molar-refractivity contribution in [1.82, 2.24) is 0 Å². The highest BCUT2D eigenvalue weighted by Crippen LogP contribution is 2.25. The van der Waals surface area contributed by atoms with Crippen molar-refractivity contribution in [3.8, 4) is 5.75 Å². The zero-order valence-corrected chi connectivity index (χ0v) is 13.0. The molecule has 0 aromatic heterocycles. The molecular formula is C12H17BrFNO3S. The fourth-order valence-corrected chi connectivity index (χ4v) is 2.56. The average Bonchev–Trinajstić information content (AvgIpc) is 2.30. The highest BCUT2D eigenvalue weighted by Gasteiger charge is 2.09. The maximum absolute atomic E-state index is 13.0. The van der Waals surface area contributed by atoms with E-state index in [1.165, 1.54) is 12.1 Å². The molecule has 4 nitrogen and oxygen atoms in total. The number of sulfonamides is 1. The van der Waals surface area contributed by atoms with Gasteiger partial charge in [0, 0.05) is 6.07 Å². The number of rotatable bonds is 7. The zero-order valence-electron chi connectivity index (χ0n) is 10.6. The number of primary sulfonamides is 1. The number of hydrogen-bond acceptors (Lipinski definition) is 3. The van der Waals surface area contributed by atoms with Gasteiger partial charge in [-0.15, -0.1) is 0 Å². The van der Waals surface area contributed by atoms with Crippen LogP contribution in [0.1, 0.15) is 19.8 Å². The number of nitrogens with two attached hydrogens (primary N) is 1. The average molecular weight is 354 g/mol. The summed E-state index contributed by atoms with van der Waals surface area (Å²) in [7, 11) is -3.41. The van der Waals surface area contributed by atoms with Crippen LogP contribution in [-0.2, 0) is 10.0 Å². The Kier molecular flexibility index (Phi) is 6.22. The second kappa shape index (κ2) is 7.21. The third kappa shape index (κ3) is 6.89. The normalized spacial score (nSPS) is 13.3. The summed E-state index contributed by atoms with van der Waals surface area (Å²) in [6, 6.07) is 4.22. The summed E-state index contributed by atoms with van der Waals surface area (Å²) >= 11 is 3.27. The molecule has 0 heterocycles. The predicted octanol–water partition coefficient (Wildman–Crippen LogP) is 2.67. The monoisotopic (exact) mass is 353 g/mol. The highest BCUT2D eigenvalue weighted by atomic mass is 79.9. The summed E-state index contributed by atoms with van der Waals surface area (Å²) in [6.07, 6.45) is 1.17. The highest BCUT2D eigenvalue weighted by molar-refractivity contribution is 9.10. The van der Waals surface area contributed by atoms with Crippen molar-refractivity contribution in [3.63, 3.8) is 0 Å². The fourth-order valence-electron chi connectivity index (χ4n) is 1.47.